The molecule has 2 heteroatoms. The average Bonchev–Trinajstić information content (AvgIpc) is 2.46. The van der Waals surface area contributed by atoms with Gasteiger partial charge in [0.05, 0.1) is 0 Å². The highest BCUT2D eigenvalue weighted by molar-refractivity contribution is 5.66. The van der Waals surface area contributed by atoms with E-state index in [1.807, 2.05) is 6.92 Å². The van der Waals surface area contributed by atoms with Crippen molar-refractivity contribution in [3.63, 3.8) is 0 Å². The number of carbonyl (C=O) groups excluding carboxylic acids is 1. The quantitative estimate of drug-likeness (QED) is 0.271. The van der Waals surface area contributed by atoms with Crippen LogP contribution < -0.4 is 0 Å². The molecule has 2 nitrogen and oxygen atoms in total. The van der Waals surface area contributed by atoms with Crippen molar-refractivity contribution < 1.29 is 9.53 Å². The van der Waals surface area contributed by atoms with Crippen LogP contribution in [0.3, 0.4) is 0 Å². The number of rotatable bonds is 13. The molecule has 0 amide bonds. The van der Waals surface area contributed by atoms with Crippen molar-refractivity contribution in [2.75, 3.05) is 0 Å². The molecule has 0 aromatic carbocycles. The van der Waals surface area contributed by atoms with Crippen LogP contribution in [0.25, 0.3) is 0 Å². The summed E-state index contributed by atoms with van der Waals surface area (Å²) < 4.78 is 5.35. The second kappa shape index (κ2) is 12.3. The lowest BCUT2D eigenvalue weighted by atomic mass is 9.94. The normalized spacial score (nSPS) is 15.9. The van der Waals surface area contributed by atoms with Crippen LogP contribution in [-0.2, 0) is 9.53 Å². The third-order valence-electron chi connectivity index (χ3n) is 4.69. The van der Waals surface area contributed by atoms with E-state index in [-0.39, 0.29) is 5.97 Å². The van der Waals surface area contributed by atoms with E-state index in [0.717, 1.165) is 24.7 Å². The lowest BCUT2D eigenvalue weighted by Crippen LogP contribution is -2.27. The average molecular weight is 337 g/mol. The van der Waals surface area contributed by atoms with E-state index < -0.39 is 5.60 Å². The van der Waals surface area contributed by atoms with Crippen LogP contribution in [0.15, 0.2) is 24.3 Å². The predicted octanol–water partition coefficient (Wildman–Crippen LogP) is 6.85. The first-order valence-corrected chi connectivity index (χ1v) is 9.67. The van der Waals surface area contributed by atoms with Crippen molar-refractivity contribution in [1.29, 1.82) is 0 Å². The molecule has 0 radical (unpaired) electrons. The molecule has 0 aromatic rings. The highest BCUT2D eigenvalue weighted by atomic mass is 16.6. The smallest absolute Gasteiger partial charge is 0.303 e. The van der Waals surface area contributed by atoms with Gasteiger partial charge in [0.25, 0.3) is 0 Å². The van der Waals surface area contributed by atoms with Crippen LogP contribution in [0.5, 0.6) is 0 Å². The molecule has 140 valence electrons. The van der Waals surface area contributed by atoms with Crippen molar-refractivity contribution in [2.45, 2.75) is 98.5 Å². The molecule has 24 heavy (non-hydrogen) atoms. The molecule has 0 aromatic heterocycles. The monoisotopic (exact) mass is 336 g/mol. The van der Waals surface area contributed by atoms with Crippen molar-refractivity contribution >= 4 is 5.97 Å². The predicted molar refractivity (Wildman–Crippen MR) is 105 cm³/mol. The molecule has 0 fully saturated rings. The summed E-state index contributed by atoms with van der Waals surface area (Å²) in [7, 11) is 0. The zero-order valence-electron chi connectivity index (χ0n) is 17.0. The SMILES string of the molecule is C=CC(C)(CCC=C(C)CCCC(C)CCCC(C)C)OC(C)=O. The van der Waals surface area contributed by atoms with Crippen molar-refractivity contribution in [3.05, 3.63) is 24.3 Å². The first kappa shape index (κ1) is 22.9. The number of hydrogen-bond acceptors (Lipinski definition) is 2. The zero-order valence-corrected chi connectivity index (χ0v) is 17.0. The lowest BCUT2D eigenvalue weighted by Gasteiger charge is -2.24. The maximum Gasteiger partial charge on any atom is 0.303 e. The Morgan fingerprint density at radius 1 is 1.12 bits per heavy atom. The van der Waals surface area contributed by atoms with E-state index >= 15 is 0 Å². The van der Waals surface area contributed by atoms with Gasteiger partial charge in [0, 0.05) is 6.92 Å². The first-order chi connectivity index (χ1) is 11.2. The minimum absolute atomic E-state index is 0.246. The maximum absolute atomic E-state index is 11.1. The van der Waals surface area contributed by atoms with Crippen LogP contribution >= 0.6 is 0 Å². The van der Waals surface area contributed by atoms with Gasteiger partial charge >= 0.3 is 5.97 Å². The van der Waals surface area contributed by atoms with Crippen LogP contribution in [0, 0.1) is 11.8 Å². The van der Waals surface area contributed by atoms with Crippen LogP contribution in [0.4, 0.5) is 0 Å². The van der Waals surface area contributed by atoms with Crippen molar-refractivity contribution in [2.24, 2.45) is 11.8 Å². The number of ether oxygens (including phenoxy) is 1. The van der Waals surface area contributed by atoms with Gasteiger partial charge in [-0.2, -0.15) is 0 Å². The lowest BCUT2D eigenvalue weighted by molar-refractivity contribution is -0.151. The largest absolute Gasteiger partial charge is 0.455 e. The van der Waals surface area contributed by atoms with E-state index in [9.17, 15) is 4.79 Å². The molecular formula is C22H40O2. The molecule has 0 N–H and O–H groups in total. The first-order valence-electron chi connectivity index (χ1n) is 9.67. The Bertz CT molecular complexity index is 395. The van der Waals surface area contributed by atoms with Crippen LogP contribution in [-0.4, -0.2) is 11.6 Å². The second-order valence-corrected chi connectivity index (χ2v) is 8.02. The number of allylic oxidation sites excluding steroid dienone is 2. The second-order valence-electron chi connectivity index (χ2n) is 8.02. The standard InChI is InChI=1S/C22H40O2/c1-8-22(7,24-21(6)23)17-11-16-20(5)15-10-14-19(4)13-9-12-18(2)3/h8,16,18-19H,1,9-15,17H2,2-7H3. The van der Waals surface area contributed by atoms with Gasteiger partial charge in [-0.25, -0.2) is 0 Å². The topological polar surface area (TPSA) is 26.3 Å². The summed E-state index contributed by atoms with van der Waals surface area (Å²) in [6, 6.07) is 0. The highest BCUT2D eigenvalue weighted by Crippen LogP contribution is 2.22. The van der Waals surface area contributed by atoms with Gasteiger partial charge in [-0.3, -0.25) is 4.79 Å². The van der Waals surface area contributed by atoms with Crippen LogP contribution in [0.1, 0.15) is 92.9 Å². The van der Waals surface area contributed by atoms with Gasteiger partial charge < -0.3 is 4.74 Å². The molecule has 0 rings (SSSR count). The van der Waals surface area contributed by atoms with Gasteiger partial charge in [-0.05, 0) is 57.4 Å². The Morgan fingerprint density at radius 2 is 1.75 bits per heavy atom. The molecule has 0 spiro atoms. The Morgan fingerprint density at radius 3 is 2.29 bits per heavy atom. The molecule has 0 heterocycles. The zero-order chi connectivity index (χ0) is 18.6. The molecule has 2 atom stereocenters. The molecule has 0 aliphatic heterocycles. The Hall–Kier alpha value is -1.05. The maximum atomic E-state index is 11.1. The summed E-state index contributed by atoms with van der Waals surface area (Å²) in [5.41, 5.74) is 0.895. The molecule has 0 saturated carbocycles. The van der Waals surface area contributed by atoms with Gasteiger partial charge in [-0.1, -0.05) is 64.7 Å². The molecular weight excluding hydrogens is 296 g/mol. The van der Waals surface area contributed by atoms with Crippen molar-refractivity contribution in [3.8, 4) is 0 Å². The fourth-order valence-corrected chi connectivity index (χ4v) is 2.98. The Balaban J connectivity index is 3.98. The van der Waals surface area contributed by atoms with Gasteiger partial charge in [0.15, 0.2) is 0 Å². The minimum Gasteiger partial charge on any atom is -0.455 e. The fraction of sp³-hybridized carbons (Fsp3) is 0.773. The number of esters is 1. The summed E-state index contributed by atoms with van der Waals surface area (Å²) in [5, 5.41) is 0. The van der Waals surface area contributed by atoms with Gasteiger partial charge in [-0.15, -0.1) is 0 Å². The summed E-state index contributed by atoms with van der Waals surface area (Å²) in [6.45, 7) is 16.4. The van der Waals surface area contributed by atoms with Gasteiger partial charge in [0.2, 0.25) is 0 Å². The van der Waals surface area contributed by atoms with E-state index in [4.69, 9.17) is 4.74 Å². The molecule has 2 unspecified atom stereocenters. The molecule has 0 aliphatic carbocycles. The third kappa shape index (κ3) is 12.4. The Labute approximate surface area is 150 Å². The summed E-state index contributed by atoms with van der Waals surface area (Å²) in [6.07, 6.45) is 13.6. The van der Waals surface area contributed by atoms with E-state index in [0.29, 0.717) is 0 Å². The molecule has 0 bridgehead atoms. The number of hydrogen-bond donors (Lipinski definition) is 0. The molecule has 0 saturated heterocycles. The third-order valence-corrected chi connectivity index (χ3v) is 4.69. The van der Waals surface area contributed by atoms with E-state index in [1.165, 1.54) is 51.0 Å². The molecule has 0 aliphatic rings. The fourth-order valence-electron chi connectivity index (χ4n) is 2.98. The van der Waals surface area contributed by atoms with Crippen molar-refractivity contribution in [1.82, 2.24) is 0 Å². The minimum atomic E-state index is -0.548. The summed E-state index contributed by atoms with van der Waals surface area (Å²) in [4.78, 5) is 11.1. The summed E-state index contributed by atoms with van der Waals surface area (Å²) >= 11 is 0. The van der Waals surface area contributed by atoms with E-state index in [2.05, 4.69) is 40.3 Å². The number of carbonyl (C=O) groups is 1. The Kier molecular flexibility index (Phi) is 11.8. The van der Waals surface area contributed by atoms with E-state index in [1.54, 1.807) is 6.08 Å². The van der Waals surface area contributed by atoms with Crippen LogP contribution in [0.2, 0.25) is 0 Å². The van der Waals surface area contributed by atoms with Gasteiger partial charge in [0.1, 0.15) is 5.60 Å². The highest BCUT2D eigenvalue weighted by Gasteiger charge is 2.22. The summed E-state index contributed by atoms with van der Waals surface area (Å²) in [5.74, 6) is 1.42.